The van der Waals surface area contributed by atoms with Gasteiger partial charge in [-0.1, -0.05) is 37.6 Å². The lowest BCUT2D eigenvalue weighted by Crippen LogP contribution is -2.03. The highest BCUT2D eigenvalue weighted by atomic mass is 19.2. The first-order chi connectivity index (χ1) is 13.8. The van der Waals surface area contributed by atoms with Crippen molar-refractivity contribution in [3.05, 3.63) is 88.2 Å². The molecule has 0 aliphatic carbocycles. The lowest BCUT2D eigenvalue weighted by Gasteiger charge is -2.12. The molecule has 0 aliphatic rings. The van der Waals surface area contributed by atoms with E-state index in [4.69, 9.17) is 0 Å². The molecular formula is C23H18F5O. The third-order valence-corrected chi connectivity index (χ3v) is 4.77. The van der Waals surface area contributed by atoms with Gasteiger partial charge in [0.15, 0.2) is 23.2 Å². The van der Waals surface area contributed by atoms with Crippen molar-refractivity contribution in [2.45, 2.75) is 32.6 Å². The predicted octanol–water partition coefficient (Wildman–Crippen LogP) is 6.93. The van der Waals surface area contributed by atoms with Crippen molar-refractivity contribution in [3.63, 3.8) is 0 Å². The molecule has 0 amide bonds. The highest BCUT2D eigenvalue weighted by molar-refractivity contribution is 5.72. The molecule has 3 aromatic carbocycles. The minimum atomic E-state index is -1.60. The summed E-state index contributed by atoms with van der Waals surface area (Å²) in [4.78, 5) is 0. The van der Waals surface area contributed by atoms with Gasteiger partial charge in [-0.05, 0) is 48.1 Å². The van der Waals surface area contributed by atoms with Gasteiger partial charge in [-0.15, -0.1) is 0 Å². The van der Waals surface area contributed by atoms with E-state index in [0.29, 0.717) is 11.6 Å². The van der Waals surface area contributed by atoms with Crippen LogP contribution in [0.3, 0.4) is 0 Å². The number of hydrogen-bond acceptors (Lipinski definition) is 0. The molecule has 29 heavy (non-hydrogen) atoms. The van der Waals surface area contributed by atoms with Crippen molar-refractivity contribution in [1.29, 1.82) is 0 Å². The van der Waals surface area contributed by atoms with Crippen molar-refractivity contribution in [3.8, 4) is 16.9 Å². The summed E-state index contributed by atoms with van der Waals surface area (Å²) in [6, 6.07) is 9.05. The molecule has 0 saturated carbocycles. The van der Waals surface area contributed by atoms with Gasteiger partial charge in [-0.2, -0.15) is 0 Å². The Morgan fingerprint density at radius 3 is 1.90 bits per heavy atom. The Bertz CT molecular complexity index is 1010. The van der Waals surface area contributed by atoms with Crippen LogP contribution in [-0.4, -0.2) is 0 Å². The number of benzene rings is 3. The first kappa shape index (κ1) is 20.8. The molecule has 3 rings (SSSR count). The average Bonchev–Trinajstić information content (AvgIpc) is 2.67. The zero-order valence-corrected chi connectivity index (χ0v) is 15.7. The van der Waals surface area contributed by atoms with Gasteiger partial charge in [0, 0.05) is 11.6 Å². The molecule has 0 fully saturated rings. The minimum absolute atomic E-state index is 0.0527. The molecule has 0 saturated heterocycles. The Hall–Kier alpha value is -2.89. The Kier molecular flexibility index (Phi) is 6.20. The number of hydrogen-bond donors (Lipinski definition) is 0. The van der Waals surface area contributed by atoms with Crippen molar-refractivity contribution in [1.82, 2.24) is 0 Å². The van der Waals surface area contributed by atoms with Crippen LogP contribution in [-0.2, 0) is 24.4 Å². The second kappa shape index (κ2) is 8.64. The van der Waals surface area contributed by atoms with Crippen LogP contribution in [0.1, 0.15) is 30.0 Å². The molecule has 0 unspecified atom stereocenters. The molecule has 0 N–H and O–H groups in total. The van der Waals surface area contributed by atoms with E-state index in [-0.39, 0.29) is 29.5 Å². The fraction of sp³-hybridized carbons (Fsp3) is 0.217. The maximum atomic E-state index is 15.0. The standard InChI is InChI=1S/C23H18F5O/c1-2-3-13-4-7-15(8-5-13)21-20(29)12-17(24)16(22(21)27)9-6-14-10-18(25)23(28)19(26)11-14/h4-5,7-8,10-12H,2-3,6,9H2,1H3. The molecular weight excluding hydrogens is 387 g/mol. The van der Waals surface area contributed by atoms with Crippen LogP contribution in [0, 0.1) is 29.1 Å². The van der Waals surface area contributed by atoms with E-state index in [2.05, 4.69) is 0 Å². The quantitative estimate of drug-likeness (QED) is 0.313. The van der Waals surface area contributed by atoms with Gasteiger partial charge in [-0.3, -0.25) is 5.11 Å². The molecule has 151 valence electrons. The van der Waals surface area contributed by atoms with Crippen molar-refractivity contribution in [2.75, 3.05) is 0 Å². The maximum absolute atomic E-state index is 15.0. The number of halogens is 5. The Morgan fingerprint density at radius 1 is 0.690 bits per heavy atom. The van der Waals surface area contributed by atoms with Gasteiger partial charge < -0.3 is 0 Å². The third-order valence-electron chi connectivity index (χ3n) is 4.77. The Labute approximate surface area is 165 Å². The number of aryl methyl sites for hydroxylation is 2. The largest absolute Gasteiger partial charge is 0.289 e. The topological polar surface area (TPSA) is 19.9 Å². The van der Waals surface area contributed by atoms with Crippen LogP contribution in [0.25, 0.3) is 11.1 Å². The Morgan fingerprint density at radius 2 is 1.31 bits per heavy atom. The van der Waals surface area contributed by atoms with E-state index in [1.165, 1.54) is 0 Å². The van der Waals surface area contributed by atoms with Crippen LogP contribution in [0.4, 0.5) is 22.0 Å². The van der Waals surface area contributed by atoms with E-state index < -0.39 is 34.8 Å². The van der Waals surface area contributed by atoms with Gasteiger partial charge in [0.1, 0.15) is 11.6 Å². The highest BCUT2D eigenvalue weighted by Crippen LogP contribution is 2.36. The molecule has 1 radical (unpaired) electrons. The summed E-state index contributed by atoms with van der Waals surface area (Å²) >= 11 is 0. The molecule has 0 bridgehead atoms. The lowest BCUT2D eigenvalue weighted by atomic mass is 9.95. The summed E-state index contributed by atoms with van der Waals surface area (Å²) in [6.07, 6.45) is 1.40. The zero-order chi connectivity index (χ0) is 21.1. The zero-order valence-electron chi connectivity index (χ0n) is 15.7. The van der Waals surface area contributed by atoms with Crippen molar-refractivity contribution >= 4 is 0 Å². The van der Waals surface area contributed by atoms with E-state index >= 15 is 4.39 Å². The molecule has 1 nitrogen and oxygen atoms in total. The van der Waals surface area contributed by atoms with Crippen molar-refractivity contribution in [2.24, 2.45) is 0 Å². The summed E-state index contributed by atoms with van der Waals surface area (Å²) in [6.45, 7) is 2.02. The SMILES string of the molecule is CCCc1ccc(-c2c([O])cc(F)c(CCc3cc(F)c(F)c(F)c3)c2F)cc1. The summed E-state index contributed by atoms with van der Waals surface area (Å²) in [5, 5.41) is 12.2. The van der Waals surface area contributed by atoms with Gasteiger partial charge in [0.25, 0.3) is 0 Å². The fourth-order valence-corrected chi connectivity index (χ4v) is 3.28. The van der Waals surface area contributed by atoms with Crippen LogP contribution in [0.2, 0.25) is 0 Å². The number of rotatable bonds is 6. The van der Waals surface area contributed by atoms with E-state index in [9.17, 15) is 22.7 Å². The highest BCUT2D eigenvalue weighted by Gasteiger charge is 2.21. The van der Waals surface area contributed by atoms with E-state index in [1.807, 2.05) is 6.92 Å². The molecule has 6 heteroatoms. The van der Waals surface area contributed by atoms with Crippen LogP contribution in [0.15, 0.2) is 42.5 Å². The second-order valence-electron chi connectivity index (χ2n) is 6.84. The van der Waals surface area contributed by atoms with E-state index in [1.54, 1.807) is 24.3 Å². The summed E-state index contributed by atoms with van der Waals surface area (Å²) in [5.41, 5.74) is 0.805. The fourth-order valence-electron chi connectivity index (χ4n) is 3.28. The lowest BCUT2D eigenvalue weighted by molar-refractivity contribution is 0.350. The average molecular weight is 405 g/mol. The van der Waals surface area contributed by atoms with Gasteiger partial charge >= 0.3 is 0 Å². The molecule has 0 spiro atoms. The molecule has 0 heterocycles. The molecule has 0 atom stereocenters. The first-order valence-corrected chi connectivity index (χ1v) is 9.22. The molecule has 0 aliphatic heterocycles. The van der Waals surface area contributed by atoms with Gasteiger partial charge in [0.2, 0.25) is 0 Å². The van der Waals surface area contributed by atoms with Crippen LogP contribution >= 0.6 is 0 Å². The first-order valence-electron chi connectivity index (χ1n) is 9.22. The second-order valence-corrected chi connectivity index (χ2v) is 6.84. The third kappa shape index (κ3) is 4.42. The summed E-state index contributed by atoms with van der Waals surface area (Å²) < 4.78 is 69.0. The van der Waals surface area contributed by atoms with E-state index in [0.717, 1.165) is 30.5 Å². The smallest absolute Gasteiger partial charge is 0.194 e. The van der Waals surface area contributed by atoms with Crippen LogP contribution < -0.4 is 0 Å². The molecule has 0 aromatic heterocycles. The Balaban J connectivity index is 1.93. The van der Waals surface area contributed by atoms with Gasteiger partial charge in [0.05, 0.1) is 5.56 Å². The van der Waals surface area contributed by atoms with Crippen LogP contribution in [0.5, 0.6) is 5.75 Å². The normalized spacial score (nSPS) is 11.1. The summed E-state index contributed by atoms with van der Waals surface area (Å²) in [5.74, 6) is -7.16. The minimum Gasteiger partial charge on any atom is -0.289 e. The van der Waals surface area contributed by atoms with Crippen molar-refractivity contribution < 1.29 is 27.1 Å². The molecule has 3 aromatic rings. The van der Waals surface area contributed by atoms with Gasteiger partial charge in [-0.25, -0.2) is 22.0 Å². The maximum Gasteiger partial charge on any atom is 0.194 e. The summed E-state index contributed by atoms with van der Waals surface area (Å²) in [7, 11) is 0. The monoisotopic (exact) mass is 405 g/mol. The predicted molar refractivity (Wildman–Crippen MR) is 99.6 cm³/mol.